The Morgan fingerprint density at radius 1 is 0.917 bits per heavy atom. The molecule has 0 bridgehead atoms. The molecule has 0 fully saturated rings. The standard InChI is InChI=1S/C7H5ClFNO2.C7H6FNO3/c8-4-5-1-2-6(9)7(3-5)10(11)12;8-6-2-1-5(4-10)3-7(6)9(11)12/h1-3H,4H2;1-3,10H,4H2. The molecule has 2 aromatic carbocycles. The second-order valence-electron chi connectivity index (χ2n) is 4.38. The summed E-state index contributed by atoms with van der Waals surface area (Å²) in [7, 11) is 0. The molecule has 2 aromatic rings. The van der Waals surface area contributed by atoms with E-state index < -0.39 is 32.9 Å². The van der Waals surface area contributed by atoms with Gasteiger partial charge in [-0.2, -0.15) is 8.78 Å². The van der Waals surface area contributed by atoms with Crippen molar-refractivity contribution in [1.82, 2.24) is 0 Å². The predicted octanol–water partition coefficient (Wildman–Crippen LogP) is 3.70. The lowest BCUT2D eigenvalue weighted by Crippen LogP contribution is -1.94. The van der Waals surface area contributed by atoms with E-state index in [1.165, 1.54) is 12.1 Å². The molecule has 0 aromatic heterocycles. The van der Waals surface area contributed by atoms with E-state index in [1.54, 1.807) is 0 Å². The van der Waals surface area contributed by atoms with Crippen molar-refractivity contribution < 1.29 is 23.7 Å². The number of hydrogen-bond donors (Lipinski definition) is 1. The SMILES string of the molecule is O=[N+]([O-])c1cc(CCl)ccc1F.O=[N+]([O-])c1cc(CO)ccc1F. The maximum Gasteiger partial charge on any atom is 0.305 e. The molecule has 0 aliphatic rings. The average molecular weight is 361 g/mol. The van der Waals surface area contributed by atoms with E-state index in [9.17, 15) is 29.0 Å². The Kier molecular flexibility index (Phi) is 7.15. The van der Waals surface area contributed by atoms with Gasteiger partial charge in [0.25, 0.3) is 0 Å². The summed E-state index contributed by atoms with van der Waals surface area (Å²) in [6.07, 6.45) is 0. The number of aliphatic hydroxyl groups is 1. The first-order valence-electron chi connectivity index (χ1n) is 6.32. The van der Waals surface area contributed by atoms with Crippen LogP contribution < -0.4 is 0 Å². The van der Waals surface area contributed by atoms with Crippen LogP contribution in [0.3, 0.4) is 0 Å². The zero-order valence-electron chi connectivity index (χ0n) is 12.0. The zero-order valence-corrected chi connectivity index (χ0v) is 12.7. The fourth-order valence-electron chi connectivity index (χ4n) is 1.58. The minimum Gasteiger partial charge on any atom is -0.392 e. The number of aliphatic hydroxyl groups excluding tert-OH is 1. The number of nitrogens with zero attached hydrogens (tertiary/aromatic N) is 2. The van der Waals surface area contributed by atoms with Gasteiger partial charge in [-0.15, -0.1) is 11.6 Å². The summed E-state index contributed by atoms with van der Waals surface area (Å²) >= 11 is 5.41. The molecular weight excluding hydrogens is 350 g/mol. The summed E-state index contributed by atoms with van der Waals surface area (Å²) in [5.74, 6) is -1.59. The number of benzene rings is 2. The smallest absolute Gasteiger partial charge is 0.305 e. The van der Waals surface area contributed by atoms with Crippen molar-refractivity contribution in [2.45, 2.75) is 12.5 Å². The third-order valence-electron chi connectivity index (χ3n) is 2.75. The highest BCUT2D eigenvalue weighted by Crippen LogP contribution is 2.19. The van der Waals surface area contributed by atoms with Gasteiger partial charge in [0.1, 0.15) is 0 Å². The van der Waals surface area contributed by atoms with Crippen molar-refractivity contribution in [2.24, 2.45) is 0 Å². The van der Waals surface area contributed by atoms with E-state index in [-0.39, 0.29) is 12.5 Å². The molecule has 0 saturated carbocycles. The van der Waals surface area contributed by atoms with Gasteiger partial charge in [-0.25, -0.2) is 0 Å². The molecule has 0 heterocycles. The molecule has 2 rings (SSSR count). The first-order chi connectivity index (χ1) is 11.3. The second-order valence-corrected chi connectivity index (χ2v) is 4.64. The first-order valence-corrected chi connectivity index (χ1v) is 6.86. The lowest BCUT2D eigenvalue weighted by molar-refractivity contribution is -0.387. The molecule has 0 radical (unpaired) electrons. The van der Waals surface area contributed by atoms with Crippen LogP contribution in [0.4, 0.5) is 20.2 Å². The van der Waals surface area contributed by atoms with Gasteiger partial charge in [0.2, 0.25) is 11.6 Å². The van der Waals surface area contributed by atoms with E-state index in [2.05, 4.69) is 0 Å². The van der Waals surface area contributed by atoms with Crippen LogP contribution >= 0.6 is 11.6 Å². The van der Waals surface area contributed by atoms with Gasteiger partial charge in [-0.05, 0) is 23.3 Å². The van der Waals surface area contributed by atoms with Gasteiger partial charge in [0, 0.05) is 18.0 Å². The van der Waals surface area contributed by atoms with Crippen LogP contribution in [0.25, 0.3) is 0 Å². The Labute approximate surface area is 139 Å². The number of alkyl halides is 1. The molecule has 0 spiro atoms. The Balaban J connectivity index is 0.000000240. The number of nitro groups is 2. The summed E-state index contributed by atoms with van der Waals surface area (Å²) in [6, 6.07) is 6.84. The summed E-state index contributed by atoms with van der Waals surface area (Å²) in [5.41, 5.74) is -0.289. The van der Waals surface area contributed by atoms with Gasteiger partial charge in [0.15, 0.2) is 0 Å². The highest BCUT2D eigenvalue weighted by Gasteiger charge is 2.14. The highest BCUT2D eigenvalue weighted by atomic mass is 35.5. The van der Waals surface area contributed by atoms with Crippen LogP contribution in [-0.2, 0) is 12.5 Å². The molecule has 128 valence electrons. The third-order valence-corrected chi connectivity index (χ3v) is 3.06. The van der Waals surface area contributed by atoms with Crippen molar-refractivity contribution in [1.29, 1.82) is 0 Å². The van der Waals surface area contributed by atoms with Gasteiger partial charge in [-0.3, -0.25) is 20.2 Å². The minimum absolute atomic E-state index is 0.140. The molecule has 0 unspecified atom stereocenters. The number of hydrogen-bond acceptors (Lipinski definition) is 5. The quantitative estimate of drug-likeness (QED) is 0.508. The maximum absolute atomic E-state index is 12.7. The van der Waals surface area contributed by atoms with Gasteiger partial charge >= 0.3 is 11.4 Å². The van der Waals surface area contributed by atoms with Crippen LogP contribution in [0.2, 0.25) is 0 Å². The van der Waals surface area contributed by atoms with Gasteiger partial charge in [-0.1, -0.05) is 12.1 Å². The van der Waals surface area contributed by atoms with Crippen LogP contribution in [0.15, 0.2) is 36.4 Å². The molecule has 24 heavy (non-hydrogen) atoms. The highest BCUT2D eigenvalue weighted by molar-refractivity contribution is 6.17. The second kappa shape index (κ2) is 8.85. The van der Waals surface area contributed by atoms with Crippen molar-refractivity contribution in [2.75, 3.05) is 0 Å². The van der Waals surface area contributed by atoms with Crippen LogP contribution in [0, 0.1) is 31.9 Å². The van der Waals surface area contributed by atoms with Gasteiger partial charge in [0.05, 0.1) is 16.5 Å². The molecular formula is C14H11ClF2N2O5. The molecule has 0 aliphatic heterocycles. The summed E-state index contributed by atoms with van der Waals surface area (Å²) in [5, 5.41) is 29.0. The van der Waals surface area contributed by atoms with Gasteiger partial charge < -0.3 is 5.11 Å². The molecule has 0 atom stereocenters. The molecule has 0 aliphatic carbocycles. The van der Waals surface area contributed by atoms with Crippen LogP contribution in [0.5, 0.6) is 0 Å². The lowest BCUT2D eigenvalue weighted by atomic mass is 10.2. The molecule has 7 nitrogen and oxygen atoms in total. The normalized spacial score (nSPS) is 9.83. The molecule has 10 heteroatoms. The van der Waals surface area contributed by atoms with Crippen molar-refractivity contribution in [3.8, 4) is 0 Å². The maximum atomic E-state index is 12.7. The summed E-state index contributed by atoms with van der Waals surface area (Å²) in [6.45, 7) is -0.332. The topological polar surface area (TPSA) is 107 Å². The number of rotatable bonds is 4. The van der Waals surface area contributed by atoms with E-state index in [4.69, 9.17) is 16.7 Å². The molecule has 1 N–H and O–H groups in total. The van der Waals surface area contributed by atoms with E-state index in [0.717, 1.165) is 24.3 Å². The predicted molar refractivity (Wildman–Crippen MR) is 81.6 cm³/mol. The van der Waals surface area contributed by atoms with Crippen LogP contribution in [-0.4, -0.2) is 15.0 Å². The lowest BCUT2D eigenvalue weighted by Gasteiger charge is -1.96. The monoisotopic (exact) mass is 360 g/mol. The Hall–Kier alpha value is -2.65. The fraction of sp³-hybridized carbons (Fsp3) is 0.143. The van der Waals surface area contributed by atoms with Crippen molar-refractivity contribution in [3.05, 3.63) is 79.4 Å². The fourth-order valence-corrected chi connectivity index (χ4v) is 1.74. The molecule has 0 amide bonds. The number of halogens is 3. The third kappa shape index (κ3) is 5.21. The summed E-state index contributed by atoms with van der Waals surface area (Å²) < 4.78 is 25.3. The zero-order chi connectivity index (χ0) is 18.3. The van der Waals surface area contributed by atoms with E-state index >= 15 is 0 Å². The minimum atomic E-state index is -0.891. The van der Waals surface area contributed by atoms with Crippen LogP contribution in [0.1, 0.15) is 11.1 Å². The van der Waals surface area contributed by atoms with Crippen molar-refractivity contribution >= 4 is 23.0 Å². The van der Waals surface area contributed by atoms with E-state index in [1.807, 2.05) is 0 Å². The average Bonchev–Trinajstić information content (AvgIpc) is 2.56. The van der Waals surface area contributed by atoms with E-state index in [0.29, 0.717) is 11.1 Å². The Morgan fingerprint density at radius 2 is 1.33 bits per heavy atom. The Bertz CT molecular complexity index is 694. The number of nitro benzene ring substituents is 2. The van der Waals surface area contributed by atoms with Crippen molar-refractivity contribution in [3.63, 3.8) is 0 Å². The molecule has 0 saturated heterocycles. The largest absolute Gasteiger partial charge is 0.392 e. The first kappa shape index (κ1) is 19.4. The summed E-state index contributed by atoms with van der Waals surface area (Å²) in [4.78, 5) is 18.8. The Morgan fingerprint density at radius 3 is 1.71 bits per heavy atom.